The summed E-state index contributed by atoms with van der Waals surface area (Å²) in [6.45, 7) is 2.02. The number of H-pyrrole nitrogens is 1. The first-order valence-electron chi connectivity index (χ1n) is 9.96. The zero-order chi connectivity index (χ0) is 22.3. The van der Waals surface area contributed by atoms with E-state index in [1.807, 2.05) is 18.2 Å². The fourth-order valence-corrected chi connectivity index (χ4v) is 3.79. The third kappa shape index (κ3) is 6.73. The van der Waals surface area contributed by atoms with Crippen LogP contribution in [0.4, 0.5) is 5.69 Å². The lowest BCUT2D eigenvalue weighted by Gasteiger charge is -2.12. The normalized spacial score (nSPS) is 11.4. The van der Waals surface area contributed by atoms with Crippen molar-refractivity contribution in [2.75, 3.05) is 37.8 Å². The molecule has 0 amide bonds. The van der Waals surface area contributed by atoms with Crippen molar-refractivity contribution in [3.8, 4) is 11.5 Å². The number of aromatic nitrogens is 1. The topological polar surface area (TPSA) is 110 Å². The lowest BCUT2D eigenvalue weighted by Crippen LogP contribution is -2.22. The molecule has 0 unspecified atom stereocenters. The molecule has 31 heavy (non-hydrogen) atoms. The van der Waals surface area contributed by atoms with Gasteiger partial charge in [0, 0.05) is 23.7 Å². The van der Waals surface area contributed by atoms with Gasteiger partial charge < -0.3 is 19.8 Å². The summed E-state index contributed by atoms with van der Waals surface area (Å²) in [5, 5.41) is 4.15. The number of aromatic amines is 1. The number of benzene rings is 2. The number of hydrogen-bond donors (Lipinski definition) is 3. The van der Waals surface area contributed by atoms with Crippen molar-refractivity contribution < 1.29 is 17.9 Å². The first kappa shape index (κ1) is 22.6. The molecule has 0 aliphatic carbocycles. The van der Waals surface area contributed by atoms with E-state index >= 15 is 0 Å². The van der Waals surface area contributed by atoms with E-state index in [2.05, 4.69) is 15.0 Å². The van der Waals surface area contributed by atoms with Crippen LogP contribution < -0.4 is 25.1 Å². The smallest absolute Gasteiger partial charge is 0.248 e. The summed E-state index contributed by atoms with van der Waals surface area (Å²) in [5.74, 6) is 1.29. The third-order valence-electron chi connectivity index (χ3n) is 4.65. The molecule has 1 aromatic heterocycles. The van der Waals surface area contributed by atoms with Crippen LogP contribution in [-0.2, 0) is 16.4 Å². The van der Waals surface area contributed by atoms with Crippen molar-refractivity contribution >= 4 is 26.6 Å². The van der Waals surface area contributed by atoms with Crippen molar-refractivity contribution in [1.82, 2.24) is 10.3 Å². The van der Waals surface area contributed by atoms with E-state index in [1.165, 1.54) is 6.07 Å². The van der Waals surface area contributed by atoms with E-state index in [9.17, 15) is 13.2 Å². The highest BCUT2D eigenvalue weighted by molar-refractivity contribution is 7.92. The lowest BCUT2D eigenvalue weighted by molar-refractivity contribution is 0.317. The Morgan fingerprint density at radius 2 is 1.71 bits per heavy atom. The van der Waals surface area contributed by atoms with Gasteiger partial charge in [0.1, 0.15) is 18.1 Å². The maximum atomic E-state index is 11.6. The Morgan fingerprint density at radius 3 is 2.42 bits per heavy atom. The van der Waals surface area contributed by atoms with Gasteiger partial charge in [0.05, 0.1) is 18.9 Å². The van der Waals surface area contributed by atoms with E-state index in [1.54, 1.807) is 31.4 Å². The Kier molecular flexibility index (Phi) is 7.54. The van der Waals surface area contributed by atoms with Gasteiger partial charge in [-0.3, -0.25) is 9.52 Å². The minimum Gasteiger partial charge on any atom is -0.495 e. The number of hydrogen-bond acceptors (Lipinski definition) is 6. The Labute approximate surface area is 181 Å². The Hall–Kier alpha value is -3.04. The number of pyridine rings is 1. The molecule has 0 radical (unpaired) electrons. The fraction of sp³-hybridized carbons (Fsp3) is 0.318. The van der Waals surface area contributed by atoms with Crippen LogP contribution >= 0.6 is 0 Å². The van der Waals surface area contributed by atoms with Gasteiger partial charge in [-0.1, -0.05) is 12.1 Å². The molecule has 0 bridgehead atoms. The monoisotopic (exact) mass is 445 g/mol. The molecular formula is C22H27N3O5S. The molecule has 0 aliphatic rings. The standard InChI is InChI=1S/C22H27N3O5S/c1-29-20-11-10-19(18-9-12-21(26)24-22(18)20)30-15-14-23-13-3-4-16-5-7-17(8-6-16)25-31(2,27)28/h5-12,23,25H,3-4,13-15H2,1-2H3,(H,24,26). The molecule has 2 aromatic carbocycles. The van der Waals surface area contributed by atoms with Gasteiger partial charge in [-0.2, -0.15) is 0 Å². The van der Waals surface area contributed by atoms with E-state index in [0.29, 0.717) is 35.9 Å². The first-order valence-corrected chi connectivity index (χ1v) is 11.8. The number of nitrogens with one attached hydrogen (secondary N) is 3. The minimum absolute atomic E-state index is 0.189. The molecule has 0 saturated heterocycles. The number of methoxy groups -OCH3 is 1. The summed E-state index contributed by atoms with van der Waals surface area (Å²) in [4.78, 5) is 14.4. The lowest BCUT2D eigenvalue weighted by atomic mass is 10.1. The largest absolute Gasteiger partial charge is 0.495 e. The van der Waals surface area contributed by atoms with E-state index in [4.69, 9.17) is 9.47 Å². The summed E-state index contributed by atoms with van der Waals surface area (Å²) in [7, 11) is -1.69. The number of sulfonamides is 1. The number of ether oxygens (including phenoxy) is 2. The summed E-state index contributed by atoms with van der Waals surface area (Å²) < 4.78 is 36.1. The van der Waals surface area contributed by atoms with Gasteiger partial charge in [-0.05, 0) is 55.3 Å². The van der Waals surface area contributed by atoms with Crippen LogP contribution in [0.3, 0.4) is 0 Å². The summed E-state index contributed by atoms with van der Waals surface area (Å²) in [6.07, 6.45) is 2.98. The molecule has 9 heteroatoms. The van der Waals surface area contributed by atoms with Crippen LogP contribution in [0.15, 0.2) is 53.3 Å². The average Bonchev–Trinajstić information content (AvgIpc) is 2.73. The predicted molar refractivity (Wildman–Crippen MR) is 123 cm³/mol. The molecule has 0 saturated carbocycles. The van der Waals surface area contributed by atoms with E-state index in [-0.39, 0.29) is 5.56 Å². The van der Waals surface area contributed by atoms with E-state index in [0.717, 1.165) is 36.6 Å². The Balaban J connectivity index is 1.41. The number of aryl methyl sites for hydroxylation is 1. The van der Waals surface area contributed by atoms with E-state index < -0.39 is 10.0 Å². The predicted octanol–water partition coefficient (Wildman–Crippen LogP) is 2.51. The van der Waals surface area contributed by atoms with Crippen LogP contribution in [0.1, 0.15) is 12.0 Å². The van der Waals surface area contributed by atoms with Gasteiger partial charge in [0.2, 0.25) is 15.6 Å². The number of anilines is 1. The van der Waals surface area contributed by atoms with Gasteiger partial charge in [-0.15, -0.1) is 0 Å². The molecule has 0 atom stereocenters. The molecule has 1 heterocycles. The van der Waals surface area contributed by atoms with Crippen LogP contribution in [0, 0.1) is 0 Å². The maximum absolute atomic E-state index is 11.6. The second-order valence-electron chi connectivity index (χ2n) is 7.15. The van der Waals surface area contributed by atoms with Gasteiger partial charge in [0.15, 0.2) is 0 Å². The SMILES string of the molecule is COc1ccc(OCCNCCCc2ccc(NS(C)(=O)=O)cc2)c2ccc(=O)[nH]c12. The van der Waals surface area contributed by atoms with Crippen molar-refractivity contribution in [2.45, 2.75) is 12.8 Å². The highest BCUT2D eigenvalue weighted by Crippen LogP contribution is 2.30. The zero-order valence-corrected chi connectivity index (χ0v) is 18.4. The second-order valence-corrected chi connectivity index (χ2v) is 8.90. The molecule has 3 aromatic rings. The molecule has 3 N–H and O–H groups in total. The molecule has 0 spiro atoms. The summed E-state index contributed by atoms with van der Waals surface area (Å²) in [6, 6.07) is 14.2. The maximum Gasteiger partial charge on any atom is 0.248 e. The fourth-order valence-electron chi connectivity index (χ4n) is 3.22. The van der Waals surface area contributed by atoms with Gasteiger partial charge in [0.25, 0.3) is 0 Å². The molecule has 166 valence electrons. The van der Waals surface area contributed by atoms with Crippen molar-refractivity contribution in [2.24, 2.45) is 0 Å². The highest BCUT2D eigenvalue weighted by Gasteiger charge is 2.08. The van der Waals surface area contributed by atoms with Gasteiger partial charge >= 0.3 is 0 Å². The number of rotatable bonds is 11. The minimum atomic E-state index is -3.25. The van der Waals surface area contributed by atoms with Crippen LogP contribution in [0.25, 0.3) is 10.9 Å². The molecule has 0 fully saturated rings. The van der Waals surface area contributed by atoms with Crippen LogP contribution in [-0.4, -0.2) is 46.5 Å². The number of fused-ring (bicyclic) bond motifs is 1. The Morgan fingerprint density at radius 1 is 0.968 bits per heavy atom. The van der Waals surface area contributed by atoms with Crippen molar-refractivity contribution in [3.05, 3.63) is 64.4 Å². The van der Waals surface area contributed by atoms with Crippen LogP contribution in [0.2, 0.25) is 0 Å². The quantitative estimate of drug-likeness (QED) is 0.391. The summed E-state index contributed by atoms with van der Waals surface area (Å²) in [5.41, 5.74) is 2.15. The molecular weight excluding hydrogens is 418 g/mol. The first-order chi connectivity index (χ1) is 14.9. The van der Waals surface area contributed by atoms with Gasteiger partial charge in [-0.25, -0.2) is 8.42 Å². The zero-order valence-electron chi connectivity index (χ0n) is 17.6. The second kappa shape index (κ2) is 10.3. The summed E-state index contributed by atoms with van der Waals surface area (Å²) >= 11 is 0. The molecule has 0 aliphatic heterocycles. The van der Waals surface area contributed by atoms with Crippen molar-refractivity contribution in [3.63, 3.8) is 0 Å². The van der Waals surface area contributed by atoms with Crippen LogP contribution in [0.5, 0.6) is 11.5 Å². The van der Waals surface area contributed by atoms with Crippen molar-refractivity contribution in [1.29, 1.82) is 0 Å². The average molecular weight is 446 g/mol. The third-order valence-corrected chi connectivity index (χ3v) is 5.26. The highest BCUT2D eigenvalue weighted by atomic mass is 32.2. The Bertz CT molecular complexity index is 1170. The molecule has 3 rings (SSSR count). The molecule has 8 nitrogen and oxygen atoms in total.